The summed E-state index contributed by atoms with van der Waals surface area (Å²) in [5.41, 5.74) is 5.77. The number of Topliss-reactive ketones (excluding diaryl/α,β-unsaturated/α-hetero) is 1. The first-order valence-corrected chi connectivity index (χ1v) is 10.7. The molecule has 0 saturated heterocycles. The van der Waals surface area contributed by atoms with Crippen LogP contribution in [0.4, 0.5) is 0 Å². The summed E-state index contributed by atoms with van der Waals surface area (Å²) in [6.07, 6.45) is 6.85. The molecule has 2 heterocycles. The predicted molar refractivity (Wildman–Crippen MR) is 121 cm³/mol. The second kappa shape index (κ2) is 8.79. The summed E-state index contributed by atoms with van der Waals surface area (Å²) in [6, 6.07) is 16.3. The SMILES string of the molecule is CC(C)CN1CC=C(c2c[nH]c3ccc(C(=O)CCc4ccccc4)cc23)CC1. The molecule has 0 unspecified atom stereocenters. The predicted octanol–water partition coefficient (Wildman–Crippen LogP) is 5.73. The van der Waals surface area contributed by atoms with E-state index in [4.69, 9.17) is 0 Å². The van der Waals surface area contributed by atoms with Gasteiger partial charge in [0.1, 0.15) is 0 Å². The van der Waals surface area contributed by atoms with E-state index in [0.717, 1.165) is 43.6 Å². The van der Waals surface area contributed by atoms with Crippen molar-refractivity contribution in [3.8, 4) is 0 Å². The van der Waals surface area contributed by atoms with Crippen molar-refractivity contribution in [2.24, 2.45) is 5.92 Å². The first-order valence-electron chi connectivity index (χ1n) is 10.7. The van der Waals surface area contributed by atoms with Crippen molar-refractivity contribution >= 4 is 22.3 Å². The Hall–Kier alpha value is -2.65. The number of carbonyl (C=O) groups excluding carboxylic acids is 1. The van der Waals surface area contributed by atoms with Gasteiger partial charge < -0.3 is 4.98 Å². The van der Waals surface area contributed by atoms with Crippen LogP contribution < -0.4 is 0 Å². The largest absolute Gasteiger partial charge is 0.361 e. The lowest BCUT2D eigenvalue weighted by Crippen LogP contribution is -2.31. The number of rotatable bonds is 7. The monoisotopic (exact) mass is 386 g/mol. The normalized spacial score (nSPS) is 15.1. The third kappa shape index (κ3) is 4.68. The lowest BCUT2D eigenvalue weighted by Gasteiger charge is -2.27. The number of nitrogens with one attached hydrogen (secondary N) is 1. The van der Waals surface area contributed by atoms with Crippen molar-refractivity contribution < 1.29 is 4.79 Å². The minimum absolute atomic E-state index is 0.212. The molecule has 0 radical (unpaired) electrons. The van der Waals surface area contributed by atoms with Gasteiger partial charge in [-0.2, -0.15) is 0 Å². The molecule has 0 amide bonds. The van der Waals surface area contributed by atoms with Crippen LogP contribution in [0.2, 0.25) is 0 Å². The summed E-state index contributed by atoms with van der Waals surface area (Å²) in [4.78, 5) is 18.7. The van der Waals surface area contributed by atoms with E-state index in [1.54, 1.807) is 0 Å². The molecular formula is C26H30N2O. The number of aromatic nitrogens is 1. The Labute approximate surface area is 173 Å². The van der Waals surface area contributed by atoms with Crippen molar-refractivity contribution in [3.63, 3.8) is 0 Å². The highest BCUT2D eigenvalue weighted by Gasteiger charge is 2.17. The Balaban J connectivity index is 1.51. The van der Waals surface area contributed by atoms with Crippen LogP contribution in [0.5, 0.6) is 0 Å². The fourth-order valence-corrected chi connectivity index (χ4v) is 4.24. The molecule has 29 heavy (non-hydrogen) atoms. The van der Waals surface area contributed by atoms with Gasteiger partial charge in [0.15, 0.2) is 5.78 Å². The zero-order valence-corrected chi connectivity index (χ0v) is 17.4. The summed E-state index contributed by atoms with van der Waals surface area (Å²) in [6.45, 7) is 7.81. The molecule has 3 heteroatoms. The third-order valence-corrected chi connectivity index (χ3v) is 5.75. The summed E-state index contributed by atoms with van der Waals surface area (Å²) < 4.78 is 0. The third-order valence-electron chi connectivity index (χ3n) is 5.75. The van der Waals surface area contributed by atoms with Gasteiger partial charge in [0.2, 0.25) is 0 Å². The Morgan fingerprint density at radius 2 is 1.97 bits per heavy atom. The van der Waals surface area contributed by atoms with Crippen molar-refractivity contribution in [1.82, 2.24) is 9.88 Å². The minimum atomic E-state index is 0.212. The maximum Gasteiger partial charge on any atom is 0.163 e. The molecule has 4 rings (SSSR count). The van der Waals surface area contributed by atoms with E-state index in [2.05, 4.69) is 54.2 Å². The maximum atomic E-state index is 12.8. The molecule has 2 aromatic carbocycles. The smallest absolute Gasteiger partial charge is 0.163 e. The molecule has 1 aliphatic heterocycles. The molecular weight excluding hydrogens is 356 g/mol. The van der Waals surface area contributed by atoms with Crippen LogP contribution in [0.25, 0.3) is 16.5 Å². The van der Waals surface area contributed by atoms with Crippen molar-refractivity contribution in [2.45, 2.75) is 33.1 Å². The Bertz CT molecular complexity index is 1010. The number of hydrogen-bond donors (Lipinski definition) is 1. The van der Waals surface area contributed by atoms with Crippen LogP contribution in [0.3, 0.4) is 0 Å². The van der Waals surface area contributed by atoms with Gasteiger partial charge in [-0.3, -0.25) is 9.69 Å². The average Bonchev–Trinajstić information content (AvgIpc) is 3.16. The van der Waals surface area contributed by atoms with Crippen LogP contribution in [-0.4, -0.2) is 35.3 Å². The summed E-state index contributed by atoms with van der Waals surface area (Å²) in [5, 5.41) is 1.17. The van der Waals surface area contributed by atoms with Crippen LogP contribution >= 0.6 is 0 Å². The zero-order valence-electron chi connectivity index (χ0n) is 17.4. The maximum absolute atomic E-state index is 12.8. The fourth-order valence-electron chi connectivity index (χ4n) is 4.24. The molecule has 0 saturated carbocycles. The number of aromatic amines is 1. The molecule has 0 spiro atoms. The molecule has 1 N–H and O–H groups in total. The van der Waals surface area contributed by atoms with E-state index in [9.17, 15) is 4.79 Å². The van der Waals surface area contributed by atoms with Crippen molar-refractivity contribution in [3.05, 3.63) is 77.5 Å². The highest BCUT2D eigenvalue weighted by molar-refractivity contribution is 6.02. The lowest BCUT2D eigenvalue weighted by molar-refractivity contribution is 0.0983. The first kappa shape index (κ1) is 19.7. The van der Waals surface area contributed by atoms with E-state index in [1.165, 1.54) is 22.1 Å². The van der Waals surface area contributed by atoms with Gasteiger partial charge in [0, 0.05) is 54.3 Å². The number of nitrogens with zero attached hydrogens (tertiary/aromatic N) is 1. The van der Waals surface area contributed by atoms with Crippen LogP contribution in [0.15, 0.2) is 60.8 Å². The lowest BCUT2D eigenvalue weighted by atomic mass is 9.96. The molecule has 0 fully saturated rings. The molecule has 150 valence electrons. The number of H-pyrrole nitrogens is 1. The fraction of sp³-hybridized carbons (Fsp3) is 0.346. The summed E-state index contributed by atoms with van der Waals surface area (Å²) >= 11 is 0. The molecule has 1 aliphatic rings. The van der Waals surface area contributed by atoms with Crippen molar-refractivity contribution in [1.29, 1.82) is 0 Å². The Kier molecular flexibility index (Phi) is 5.96. The average molecular weight is 387 g/mol. The molecule has 0 bridgehead atoms. The van der Waals surface area contributed by atoms with Gasteiger partial charge in [-0.1, -0.05) is 50.3 Å². The van der Waals surface area contributed by atoms with Crippen LogP contribution in [0.1, 0.15) is 48.2 Å². The second-order valence-corrected chi connectivity index (χ2v) is 8.50. The van der Waals surface area contributed by atoms with Crippen LogP contribution in [-0.2, 0) is 6.42 Å². The number of benzene rings is 2. The summed E-state index contributed by atoms with van der Waals surface area (Å²) in [7, 11) is 0. The van der Waals surface area contributed by atoms with E-state index >= 15 is 0 Å². The molecule has 3 aromatic rings. The topological polar surface area (TPSA) is 36.1 Å². The van der Waals surface area contributed by atoms with E-state index in [1.807, 2.05) is 30.3 Å². The molecule has 1 aromatic heterocycles. The van der Waals surface area contributed by atoms with Gasteiger partial charge in [0.25, 0.3) is 0 Å². The number of ketones is 1. The van der Waals surface area contributed by atoms with Crippen molar-refractivity contribution in [2.75, 3.05) is 19.6 Å². The molecule has 0 aliphatic carbocycles. The highest BCUT2D eigenvalue weighted by atomic mass is 16.1. The Morgan fingerprint density at radius 1 is 1.14 bits per heavy atom. The zero-order chi connectivity index (χ0) is 20.2. The number of hydrogen-bond acceptors (Lipinski definition) is 2. The standard InChI is InChI=1S/C26H30N2O/c1-19(2)18-28-14-12-21(13-15-28)24-17-27-25-10-9-22(16-23(24)25)26(29)11-8-20-6-4-3-5-7-20/h3-7,9-10,12,16-17,19,27H,8,11,13-15,18H2,1-2H3. The van der Waals surface area contributed by atoms with E-state index in [-0.39, 0.29) is 5.78 Å². The first-order chi connectivity index (χ1) is 14.1. The van der Waals surface area contributed by atoms with E-state index < -0.39 is 0 Å². The van der Waals surface area contributed by atoms with Crippen LogP contribution in [0, 0.1) is 5.92 Å². The second-order valence-electron chi connectivity index (χ2n) is 8.50. The molecule has 3 nitrogen and oxygen atoms in total. The van der Waals surface area contributed by atoms with Gasteiger partial charge in [0.05, 0.1) is 0 Å². The highest BCUT2D eigenvalue weighted by Crippen LogP contribution is 2.30. The summed E-state index contributed by atoms with van der Waals surface area (Å²) in [5.74, 6) is 0.908. The number of fused-ring (bicyclic) bond motifs is 1. The van der Waals surface area contributed by atoms with Gasteiger partial charge in [-0.05, 0) is 48.1 Å². The number of aryl methyl sites for hydroxylation is 1. The number of carbonyl (C=O) groups is 1. The van der Waals surface area contributed by atoms with Gasteiger partial charge >= 0.3 is 0 Å². The quantitative estimate of drug-likeness (QED) is 0.527. The minimum Gasteiger partial charge on any atom is -0.361 e. The van der Waals surface area contributed by atoms with Gasteiger partial charge in [-0.15, -0.1) is 0 Å². The van der Waals surface area contributed by atoms with Gasteiger partial charge in [-0.25, -0.2) is 0 Å². The Morgan fingerprint density at radius 3 is 2.69 bits per heavy atom. The van der Waals surface area contributed by atoms with E-state index in [0.29, 0.717) is 12.3 Å². The molecule has 0 atom stereocenters.